The summed E-state index contributed by atoms with van der Waals surface area (Å²) in [5.74, 6) is -0.808. The summed E-state index contributed by atoms with van der Waals surface area (Å²) >= 11 is 0. The van der Waals surface area contributed by atoms with Gasteiger partial charge in [-0.3, -0.25) is 9.59 Å². The third-order valence-electron chi connectivity index (χ3n) is 6.46. The van der Waals surface area contributed by atoms with Crippen molar-refractivity contribution < 1.29 is 23.9 Å². The van der Waals surface area contributed by atoms with E-state index in [1.54, 1.807) is 43.5 Å². The van der Waals surface area contributed by atoms with Crippen molar-refractivity contribution in [3.63, 3.8) is 0 Å². The van der Waals surface area contributed by atoms with Gasteiger partial charge in [0.15, 0.2) is 12.4 Å². The Balaban J connectivity index is 1.51. The van der Waals surface area contributed by atoms with E-state index in [4.69, 9.17) is 9.47 Å². The van der Waals surface area contributed by atoms with Gasteiger partial charge in [0.1, 0.15) is 11.8 Å². The van der Waals surface area contributed by atoms with E-state index in [0.717, 1.165) is 22.0 Å². The van der Waals surface area contributed by atoms with Crippen molar-refractivity contribution in [2.24, 2.45) is 0 Å². The third kappa shape index (κ3) is 6.29. The molecule has 0 saturated carbocycles. The Morgan fingerprint density at radius 3 is 2.21 bits per heavy atom. The lowest BCUT2D eigenvalue weighted by Gasteiger charge is -2.20. The molecule has 1 heterocycles. The zero-order valence-corrected chi connectivity index (χ0v) is 22.0. The predicted molar refractivity (Wildman–Crippen MR) is 147 cm³/mol. The zero-order chi connectivity index (χ0) is 27.3. The Kier molecular flexibility index (Phi) is 7.96. The molecule has 7 heteroatoms. The van der Waals surface area contributed by atoms with Gasteiger partial charge in [0.2, 0.25) is 0 Å². The van der Waals surface area contributed by atoms with Crippen molar-refractivity contribution in [3.8, 4) is 5.75 Å². The van der Waals surface area contributed by atoms with E-state index in [-0.39, 0.29) is 17.6 Å². The first kappa shape index (κ1) is 26.7. The van der Waals surface area contributed by atoms with Crippen LogP contribution in [0.1, 0.15) is 52.6 Å². The van der Waals surface area contributed by atoms with Crippen molar-refractivity contribution in [1.82, 2.24) is 10.3 Å². The van der Waals surface area contributed by atoms with Crippen LogP contribution in [0.4, 0.5) is 0 Å². The van der Waals surface area contributed by atoms with Crippen LogP contribution in [-0.4, -0.2) is 42.4 Å². The Morgan fingerprint density at radius 1 is 0.895 bits per heavy atom. The number of H-pyrrole nitrogens is 1. The predicted octanol–water partition coefficient (Wildman–Crippen LogP) is 5.24. The third-order valence-corrected chi connectivity index (χ3v) is 6.46. The average molecular weight is 513 g/mol. The van der Waals surface area contributed by atoms with E-state index in [0.29, 0.717) is 16.9 Å². The van der Waals surface area contributed by atoms with Gasteiger partial charge in [0.25, 0.3) is 5.91 Å². The number of aromatic nitrogens is 1. The Labute approximate surface area is 222 Å². The molecule has 196 valence electrons. The summed E-state index contributed by atoms with van der Waals surface area (Å²) in [6.45, 7) is 5.86. The number of ketones is 1. The maximum Gasteiger partial charge on any atom is 0.329 e. The molecule has 0 aliphatic rings. The molecule has 1 amide bonds. The van der Waals surface area contributed by atoms with Gasteiger partial charge >= 0.3 is 5.97 Å². The number of amides is 1. The number of nitrogens with one attached hydrogen (secondary N) is 2. The largest absolute Gasteiger partial charge is 0.497 e. The number of ether oxygens (including phenoxy) is 2. The second-order valence-corrected chi connectivity index (χ2v) is 10.2. The topological polar surface area (TPSA) is 97.5 Å². The fourth-order valence-corrected chi connectivity index (χ4v) is 4.17. The molecule has 0 unspecified atom stereocenters. The Bertz CT molecular complexity index is 1430. The molecular formula is C31H32N2O5. The highest BCUT2D eigenvalue weighted by Crippen LogP contribution is 2.23. The van der Waals surface area contributed by atoms with E-state index in [9.17, 15) is 14.4 Å². The summed E-state index contributed by atoms with van der Waals surface area (Å²) in [6, 6.07) is 20.6. The number of carbonyl (C=O) groups is 3. The summed E-state index contributed by atoms with van der Waals surface area (Å²) < 4.78 is 10.5. The van der Waals surface area contributed by atoms with Crippen LogP contribution in [-0.2, 0) is 21.4 Å². The molecule has 0 bridgehead atoms. The molecule has 2 N–H and O–H groups in total. The smallest absolute Gasteiger partial charge is 0.329 e. The minimum atomic E-state index is -0.993. The molecule has 0 aliphatic heterocycles. The van der Waals surface area contributed by atoms with E-state index in [1.165, 1.54) is 0 Å². The minimum absolute atomic E-state index is 0.0485. The summed E-state index contributed by atoms with van der Waals surface area (Å²) in [5, 5.41) is 3.77. The maximum absolute atomic E-state index is 13.2. The first-order valence-corrected chi connectivity index (χ1v) is 12.5. The number of aromatic amines is 1. The van der Waals surface area contributed by atoms with Crippen LogP contribution in [0.15, 0.2) is 79.0 Å². The van der Waals surface area contributed by atoms with Crippen LogP contribution in [0.25, 0.3) is 10.9 Å². The molecule has 38 heavy (non-hydrogen) atoms. The quantitative estimate of drug-likeness (QED) is 0.236. The lowest BCUT2D eigenvalue weighted by atomic mass is 9.86. The number of esters is 1. The fraction of sp³-hybridized carbons (Fsp3) is 0.258. The lowest BCUT2D eigenvalue weighted by Crippen LogP contribution is -2.43. The molecule has 7 nitrogen and oxygen atoms in total. The molecule has 4 rings (SSSR count). The normalized spacial score (nSPS) is 12.1. The van der Waals surface area contributed by atoms with E-state index >= 15 is 0 Å². The summed E-state index contributed by atoms with van der Waals surface area (Å²) in [6.07, 6.45) is 2.02. The van der Waals surface area contributed by atoms with E-state index in [2.05, 4.69) is 31.1 Å². The number of hydrogen-bond acceptors (Lipinski definition) is 5. The van der Waals surface area contributed by atoms with Crippen LogP contribution >= 0.6 is 0 Å². The van der Waals surface area contributed by atoms with Crippen LogP contribution in [0.5, 0.6) is 5.75 Å². The molecule has 0 spiro atoms. The number of benzene rings is 3. The highest BCUT2D eigenvalue weighted by atomic mass is 16.5. The molecular weight excluding hydrogens is 480 g/mol. The van der Waals surface area contributed by atoms with E-state index < -0.39 is 24.5 Å². The van der Waals surface area contributed by atoms with Gasteiger partial charge in [-0.1, -0.05) is 51.1 Å². The van der Waals surface area contributed by atoms with Gasteiger partial charge in [0, 0.05) is 34.6 Å². The second-order valence-electron chi connectivity index (χ2n) is 10.2. The average Bonchev–Trinajstić information content (AvgIpc) is 3.33. The number of Topliss-reactive ketones (excluding diaryl/α,β-unsaturated/α-hetero) is 1. The van der Waals surface area contributed by atoms with Gasteiger partial charge < -0.3 is 19.8 Å². The molecule has 1 aromatic heterocycles. The number of para-hydroxylation sites is 1. The number of fused-ring (bicyclic) bond motifs is 1. The van der Waals surface area contributed by atoms with Crippen molar-refractivity contribution in [2.45, 2.75) is 38.6 Å². The first-order valence-electron chi connectivity index (χ1n) is 12.5. The molecule has 0 saturated heterocycles. The number of rotatable bonds is 9. The standard InChI is InChI=1S/C31H32N2O5/c1-31(2,3)23-13-9-21(10-14-23)29(35)33-27(17-22-18-32-26-8-6-5-7-25(22)26)30(36)38-19-28(34)20-11-15-24(37-4)16-12-20/h5-16,18,27,32H,17,19H2,1-4H3,(H,33,35)/t27-/m1/s1. The summed E-state index contributed by atoms with van der Waals surface area (Å²) in [4.78, 5) is 42.1. The monoisotopic (exact) mass is 512 g/mol. The van der Waals surface area contributed by atoms with Gasteiger partial charge in [-0.25, -0.2) is 4.79 Å². The number of carbonyl (C=O) groups excluding carboxylic acids is 3. The van der Waals surface area contributed by atoms with Crippen LogP contribution in [0.3, 0.4) is 0 Å². The fourth-order valence-electron chi connectivity index (χ4n) is 4.17. The van der Waals surface area contributed by atoms with Crippen molar-refractivity contribution in [1.29, 1.82) is 0 Å². The molecule has 3 aromatic carbocycles. The van der Waals surface area contributed by atoms with E-state index in [1.807, 2.05) is 42.6 Å². The molecule has 0 fully saturated rings. The molecule has 0 radical (unpaired) electrons. The number of methoxy groups -OCH3 is 1. The van der Waals surface area contributed by atoms with Crippen LogP contribution in [0, 0.1) is 0 Å². The van der Waals surface area contributed by atoms with Crippen molar-refractivity contribution in [3.05, 3.63) is 101 Å². The van der Waals surface area contributed by atoms with Crippen molar-refractivity contribution in [2.75, 3.05) is 13.7 Å². The lowest BCUT2D eigenvalue weighted by molar-refractivity contribution is -0.144. The highest BCUT2D eigenvalue weighted by Gasteiger charge is 2.26. The maximum atomic E-state index is 13.2. The van der Waals surface area contributed by atoms with Gasteiger partial charge in [0.05, 0.1) is 7.11 Å². The van der Waals surface area contributed by atoms with Crippen LogP contribution < -0.4 is 10.1 Å². The zero-order valence-electron chi connectivity index (χ0n) is 22.0. The van der Waals surface area contributed by atoms with Gasteiger partial charge in [-0.05, 0) is 59.0 Å². The van der Waals surface area contributed by atoms with Gasteiger partial charge in [-0.15, -0.1) is 0 Å². The summed E-state index contributed by atoms with van der Waals surface area (Å²) in [7, 11) is 1.54. The Morgan fingerprint density at radius 2 is 1.55 bits per heavy atom. The number of hydrogen-bond donors (Lipinski definition) is 2. The molecule has 0 aliphatic carbocycles. The van der Waals surface area contributed by atoms with Crippen molar-refractivity contribution >= 4 is 28.6 Å². The second kappa shape index (κ2) is 11.3. The highest BCUT2D eigenvalue weighted by molar-refractivity contribution is 5.99. The Hall–Kier alpha value is -4.39. The molecule has 4 aromatic rings. The first-order chi connectivity index (χ1) is 18.2. The minimum Gasteiger partial charge on any atom is -0.497 e. The SMILES string of the molecule is COc1ccc(C(=O)COC(=O)[C@@H](Cc2c[nH]c3ccccc23)NC(=O)c2ccc(C(C)(C)C)cc2)cc1. The molecule has 1 atom stereocenters. The summed E-state index contributed by atoms with van der Waals surface area (Å²) in [5.41, 5.74) is 3.66. The van der Waals surface area contributed by atoms with Crippen LogP contribution in [0.2, 0.25) is 0 Å². The van der Waals surface area contributed by atoms with Gasteiger partial charge in [-0.2, -0.15) is 0 Å².